The third-order valence-electron chi connectivity index (χ3n) is 3.01. The van der Waals surface area contributed by atoms with Gasteiger partial charge in [0.1, 0.15) is 0 Å². The molecule has 0 aliphatic carbocycles. The van der Waals surface area contributed by atoms with Crippen molar-refractivity contribution >= 4 is 28.7 Å². The van der Waals surface area contributed by atoms with Crippen LogP contribution in [0.25, 0.3) is 0 Å². The lowest BCUT2D eigenvalue weighted by Gasteiger charge is -2.31. The van der Waals surface area contributed by atoms with E-state index in [2.05, 4.69) is 22.0 Å². The Bertz CT molecular complexity index is 350. The van der Waals surface area contributed by atoms with Gasteiger partial charge in [-0.15, -0.1) is 5.10 Å². The maximum Gasteiger partial charge on any atom is 0.206 e. The van der Waals surface area contributed by atoms with E-state index in [4.69, 9.17) is 12.2 Å². The van der Waals surface area contributed by atoms with Crippen molar-refractivity contribution in [2.75, 3.05) is 18.0 Å². The van der Waals surface area contributed by atoms with Gasteiger partial charge in [0.15, 0.2) is 3.95 Å². The minimum absolute atomic E-state index is 0.778. The number of aromatic nitrogens is 2. The van der Waals surface area contributed by atoms with Gasteiger partial charge < -0.3 is 4.90 Å². The molecule has 1 aliphatic heterocycles. The topological polar surface area (TPSA) is 31.9 Å². The summed E-state index contributed by atoms with van der Waals surface area (Å²) < 4.78 is 0.778. The van der Waals surface area contributed by atoms with E-state index in [-0.39, 0.29) is 0 Å². The van der Waals surface area contributed by atoms with Crippen LogP contribution in [0.5, 0.6) is 0 Å². The number of H-pyrrole nitrogens is 1. The minimum atomic E-state index is 0.778. The average molecular weight is 243 g/mol. The summed E-state index contributed by atoms with van der Waals surface area (Å²) in [6.07, 6.45) is 5.30. The second-order valence-corrected chi connectivity index (χ2v) is 5.76. The fourth-order valence-corrected chi connectivity index (χ4v) is 3.11. The summed E-state index contributed by atoms with van der Waals surface area (Å²) in [4.78, 5) is 2.35. The van der Waals surface area contributed by atoms with Crippen molar-refractivity contribution in [1.82, 2.24) is 10.2 Å². The van der Waals surface area contributed by atoms with E-state index < -0.39 is 0 Å². The highest BCUT2D eigenvalue weighted by molar-refractivity contribution is 7.73. The van der Waals surface area contributed by atoms with Gasteiger partial charge in [0, 0.05) is 13.1 Å². The average Bonchev–Trinajstić information content (AvgIpc) is 2.67. The van der Waals surface area contributed by atoms with Gasteiger partial charge in [-0.05, 0) is 31.0 Å². The molecule has 3 nitrogen and oxygen atoms in total. The normalized spacial score (nSPS) is 18.3. The Morgan fingerprint density at radius 3 is 2.80 bits per heavy atom. The van der Waals surface area contributed by atoms with E-state index in [0.29, 0.717) is 0 Å². The van der Waals surface area contributed by atoms with Crippen molar-refractivity contribution in [2.24, 2.45) is 5.92 Å². The van der Waals surface area contributed by atoms with E-state index in [9.17, 15) is 0 Å². The highest BCUT2D eigenvalue weighted by Crippen LogP contribution is 2.26. The number of aromatic amines is 1. The largest absolute Gasteiger partial charge is 0.347 e. The maximum atomic E-state index is 5.04. The summed E-state index contributed by atoms with van der Waals surface area (Å²) in [5.41, 5.74) is 0. The van der Waals surface area contributed by atoms with Crippen molar-refractivity contribution in [3.63, 3.8) is 0 Å². The van der Waals surface area contributed by atoms with Gasteiger partial charge in [-0.3, -0.25) is 5.10 Å². The zero-order chi connectivity index (χ0) is 10.7. The first-order valence-electron chi connectivity index (χ1n) is 5.60. The number of anilines is 1. The van der Waals surface area contributed by atoms with Gasteiger partial charge in [-0.25, -0.2) is 0 Å². The SMILES string of the molecule is CCCC1CCN(c2n[nH]c(=S)s2)CC1. The zero-order valence-corrected chi connectivity index (χ0v) is 10.7. The van der Waals surface area contributed by atoms with Gasteiger partial charge in [0.25, 0.3) is 0 Å². The van der Waals surface area contributed by atoms with Crippen LogP contribution in [0.3, 0.4) is 0 Å². The Morgan fingerprint density at radius 2 is 2.27 bits per heavy atom. The first kappa shape index (κ1) is 11.1. The molecule has 0 bridgehead atoms. The number of nitrogens with zero attached hydrogens (tertiary/aromatic N) is 2. The Balaban J connectivity index is 1.91. The first-order valence-corrected chi connectivity index (χ1v) is 6.82. The number of nitrogens with one attached hydrogen (secondary N) is 1. The number of rotatable bonds is 3. The van der Waals surface area contributed by atoms with Crippen LogP contribution in [0, 0.1) is 9.87 Å². The molecule has 2 rings (SSSR count). The standard InChI is InChI=1S/C10H17N3S2/c1-2-3-8-4-6-13(7-5-8)9-11-12-10(14)15-9/h8H,2-7H2,1H3,(H,12,14). The summed E-state index contributed by atoms with van der Waals surface area (Å²) in [5.74, 6) is 0.929. The first-order chi connectivity index (χ1) is 7.29. The summed E-state index contributed by atoms with van der Waals surface area (Å²) in [6.45, 7) is 4.55. The lowest BCUT2D eigenvalue weighted by Crippen LogP contribution is -2.33. The van der Waals surface area contributed by atoms with Gasteiger partial charge in [0.2, 0.25) is 5.13 Å². The molecule has 0 atom stereocenters. The molecule has 0 amide bonds. The van der Waals surface area contributed by atoms with Crippen molar-refractivity contribution < 1.29 is 0 Å². The molecule has 1 aromatic heterocycles. The quantitative estimate of drug-likeness (QED) is 0.827. The molecule has 1 aromatic rings. The molecule has 0 saturated carbocycles. The van der Waals surface area contributed by atoms with E-state index in [1.54, 1.807) is 11.3 Å². The molecule has 1 saturated heterocycles. The molecule has 5 heteroatoms. The summed E-state index contributed by atoms with van der Waals surface area (Å²) in [6, 6.07) is 0. The van der Waals surface area contributed by atoms with Crippen LogP contribution >= 0.6 is 23.6 Å². The highest BCUT2D eigenvalue weighted by Gasteiger charge is 2.20. The van der Waals surface area contributed by atoms with E-state index >= 15 is 0 Å². The third-order valence-corrected chi connectivity index (χ3v) is 4.16. The van der Waals surface area contributed by atoms with Crippen molar-refractivity contribution in [3.05, 3.63) is 3.95 Å². The Kier molecular flexibility index (Phi) is 3.75. The molecule has 1 N–H and O–H groups in total. The predicted octanol–water partition coefficient (Wildman–Crippen LogP) is 3.22. The lowest BCUT2D eigenvalue weighted by molar-refractivity contribution is 0.378. The minimum Gasteiger partial charge on any atom is -0.347 e. The smallest absolute Gasteiger partial charge is 0.206 e. The number of hydrogen-bond donors (Lipinski definition) is 1. The second-order valence-electron chi connectivity index (χ2n) is 4.11. The van der Waals surface area contributed by atoms with Crippen LogP contribution in [0.1, 0.15) is 32.6 Å². The summed E-state index contributed by atoms with van der Waals surface area (Å²) in [5, 5.41) is 8.13. The fourth-order valence-electron chi connectivity index (χ4n) is 2.18. The van der Waals surface area contributed by atoms with Crippen molar-refractivity contribution in [1.29, 1.82) is 0 Å². The van der Waals surface area contributed by atoms with Gasteiger partial charge in [0.05, 0.1) is 0 Å². The Morgan fingerprint density at radius 1 is 1.53 bits per heavy atom. The Hall–Kier alpha value is -0.420. The molecule has 0 radical (unpaired) electrons. The second kappa shape index (κ2) is 5.07. The van der Waals surface area contributed by atoms with Crippen LogP contribution in [-0.2, 0) is 0 Å². The highest BCUT2D eigenvalue weighted by atomic mass is 32.1. The summed E-state index contributed by atoms with van der Waals surface area (Å²) in [7, 11) is 0. The molecular formula is C10H17N3S2. The van der Waals surface area contributed by atoms with Gasteiger partial charge in [-0.1, -0.05) is 31.1 Å². The van der Waals surface area contributed by atoms with Crippen molar-refractivity contribution in [2.45, 2.75) is 32.6 Å². The monoisotopic (exact) mass is 243 g/mol. The van der Waals surface area contributed by atoms with Crippen LogP contribution in [0.15, 0.2) is 0 Å². The molecule has 0 spiro atoms. The van der Waals surface area contributed by atoms with Crippen LogP contribution < -0.4 is 4.90 Å². The fraction of sp³-hybridized carbons (Fsp3) is 0.800. The summed E-state index contributed by atoms with van der Waals surface area (Å²) >= 11 is 6.62. The van der Waals surface area contributed by atoms with Gasteiger partial charge >= 0.3 is 0 Å². The van der Waals surface area contributed by atoms with E-state index in [0.717, 1.165) is 28.1 Å². The molecular weight excluding hydrogens is 226 g/mol. The molecule has 2 heterocycles. The van der Waals surface area contributed by atoms with Crippen LogP contribution in [0.2, 0.25) is 0 Å². The molecule has 0 unspecified atom stereocenters. The molecule has 84 valence electrons. The van der Waals surface area contributed by atoms with E-state index in [1.165, 1.54) is 25.7 Å². The van der Waals surface area contributed by atoms with Crippen LogP contribution in [-0.4, -0.2) is 23.3 Å². The molecule has 0 aromatic carbocycles. The number of hydrogen-bond acceptors (Lipinski definition) is 4. The molecule has 1 fully saturated rings. The predicted molar refractivity (Wildman–Crippen MR) is 67.1 cm³/mol. The van der Waals surface area contributed by atoms with Crippen molar-refractivity contribution in [3.8, 4) is 0 Å². The number of piperidine rings is 1. The Labute approximate surface area is 99.5 Å². The third kappa shape index (κ3) is 2.78. The molecule has 1 aliphatic rings. The van der Waals surface area contributed by atoms with Crippen LogP contribution in [0.4, 0.5) is 5.13 Å². The van der Waals surface area contributed by atoms with Gasteiger partial charge in [-0.2, -0.15) is 0 Å². The molecule has 15 heavy (non-hydrogen) atoms. The lowest BCUT2D eigenvalue weighted by atomic mass is 9.93. The maximum absolute atomic E-state index is 5.04. The van der Waals surface area contributed by atoms with E-state index in [1.807, 2.05) is 0 Å². The zero-order valence-electron chi connectivity index (χ0n) is 9.03.